The van der Waals surface area contributed by atoms with E-state index in [1.807, 2.05) is 0 Å². The Morgan fingerprint density at radius 3 is 2.88 bits per heavy atom. The van der Waals surface area contributed by atoms with Crippen LogP contribution in [0.2, 0.25) is 0 Å². The molecular formula is C12H18N4O. The van der Waals surface area contributed by atoms with Gasteiger partial charge in [0, 0.05) is 25.4 Å². The van der Waals surface area contributed by atoms with Crippen LogP contribution in [0.3, 0.4) is 0 Å². The number of nitrogens with zero attached hydrogens (tertiary/aromatic N) is 3. The molecule has 92 valence electrons. The van der Waals surface area contributed by atoms with Gasteiger partial charge >= 0.3 is 0 Å². The Morgan fingerprint density at radius 2 is 2.12 bits per heavy atom. The number of likely N-dealkylation sites (N-methyl/N-ethyl adjacent to an activating group) is 1. The molecule has 5 heteroatoms. The van der Waals surface area contributed by atoms with Crippen molar-refractivity contribution in [2.45, 2.75) is 25.7 Å². The average Bonchev–Trinajstić information content (AvgIpc) is 2.35. The largest absolute Gasteiger partial charge is 0.361 e. The van der Waals surface area contributed by atoms with Crippen LogP contribution in [0.5, 0.6) is 0 Å². The van der Waals surface area contributed by atoms with Crippen LogP contribution in [0.25, 0.3) is 0 Å². The molecule has 1 aliphatic rings. The molecular weight excluding hydrogens is 216 g/mol. The Bertz CT molecular complexity index is 417. The third kappa shape index (κ3) is 2.72. The zero-order valence-electron chi connectivity index (χ0n) is 10.4. The molecule has 0 atom stereocenters. The van der Waals surface area contributed by atoms with Gasteiger partial charge in [-0.1, -0.05) is 0 Å². The van der Waals surface area contributed by atoms with Crippen molar-refractivity contribution in [1.29, 1.82) is 0 Å². The number of amides is 1. The minimum atomic E-state index is 0.0492. The molecule has 0 spiro atoms. The van der Waals surface area contributed by atoms with Gasteiger partial charge in [-0.25, -0.2) is 9.97 Å². The van der Waals surface area contributed by atoms with E-state index in [0.717, 1.165) is 24.4 Å². The second kappa shape index (κ2) is 5.12. The van der Waals surface area contributed by atoms with Gasteiger partial charge in [0.05, 0.1) is 6.54 Å². The van der Waals surface area contributed by atoms with E-state index in [1.54, 1.807) is 25.3 Å². The standard InChI is InChI=1S/C12H18N4O/c1-16(2)11(17)7-13-12-9-5-3-4-6-10(9)14-8-15-12/h8H,3-7H2,1-2H3,(H,13,14,15). The fraction of sp³-hybridized carbons (Fsp3) is 0.583. The molecule has 0 saturated carbocycles. The molecule has 0 saturated heterocycles. The molecule has 1 aromatic heterocycles. The third-order valence-electron chi connectivity index (χ3n) is 3.03. The molecule has 0 unspecified atom stereocenters. The molecule has 2 rings (SSSR count). The Labute approximate surface area is 101 Å². The smallest absolute Gasteiger partial charge is 0.241 e. The zero-order valence-corrected chi connectivity index (χ0v) is 10.4. The van der Waals surface area contributed by atoms with Gasteiger partial charge in [0.25, 0.3) is 0 Å². The van der Waals surface area contributed by atoms with E-state index in [2.05, 4.69) is 15.3 Å². The molecule has 5 nitrogen and oxygen atoms in total. The Morgan fingerprint density at radius 1 is 1.35 bits per heavy atom. The zero-order chi connectivity index (χ0) is 12.3. The number of fused-ring (bicyclic) bond motifs is 1. The van der Waals surface area contributed by atoms with E-state index >= 15 is 0 Å². The maximum absolute atomic E-state index is 11.5. The maximum Gasteiger partial charge on any atom is 0.241 e. The summed E-state index contributed by atoms with van der Waals surface area (Å²) < 4.78 is 0. The van der Waals surface area contributed by atoms with Gasteiger partial charge in [0.2, 0.25) is 5.91 Å². The molecule has 1 aliphatic carbocycles. The average molecular weight is 234 g/mol. The first-order valence-corrected chi connectivity index (χ1v) is 5.95. The molecule has 0 aromatic carbocycles. The van der Waals surface area contributed by atoms with Gasteiger partial charge in [-0.15, -0.1) is 0 Å². The number of aromatic nitrogens is 2. The van der Waals surface area contributed by atoms with E-state index < -0.39 is 0 Å². The minimum Gasteiger partial charge on any atom is -0.361 e. The Kier molecular flexibility index (Phi) is 3.56. The number of hydrogen-bond acceptors (Lipinski definition) is 4. The number of anilines is 1. The molecule has 0 aliphatic heterocycles. The summed E-state index contributed by atoms with van der Waals surface area (Å²) in [6.07, 6.45) is 5.98. The molecule has 1 N–H and O–H groups in total. The van der Waals surface area contributed by atoms with Crippen LogP contribution < -0.4 is 5.32 Å². The van der Waals surface area contributed by atoms with Crippen molar-refractivity contribution in [2.24, 2.45) is 0 Å². The molecule has 0 bridgehead atoms. The van der Waals surface area contributed by atoms with Crippen LogP contribution >= 0.6 is 0 Å². The minimum absolute atomic E-state index is 0.0492. The monoisotopic (exact) mass is 234 g/mol. The van der Waals surface area contributed by atoms with Gasteiger partial charge in [0.1, 0.15) is 12.1 Å². The van der Waals surface area contributed by atoms with Gasteiger partial charge in [-0.2, -0.15) is 0 Å². The van der Waals surface area contributed by atoms with Gasteiger partial charge in [0.15, 0.2) is 0 Å². The molecule has 1 amide bonds. The van der Waals surface area contributed by atoms with Crippen molar-refractivity contribution < 1.29 is 4.79 Å². The summed E-state index contributed by atoms with van der Waals surface area (Å²) in [6.45, 7) is 0.288. The molecule has 0 fully saturated rings. The first-order valence-electron chi connectivity index (χ1n) is 5.95. The predicted molar refractivity (Wildman–Crippen MR) is 65.9 cm³/mol. The van der Waals surface area contributed by atoms with Gasteiger partial charge < -0.3 is 10.2 Å². The number of hydrogen-bond donors (Lipinski definition) is 1. The number of aryl methyl sites for hydroxylation is 1. The number of nitrogens with one attached hydrogen (secondary N) is 1. The first kappa shape index (κ1) is 11.8. The normalized spacial score (nSPS) is 14.0. The lowest BCUT2D eigenvalue weighted by Gasteiger charge is -2.18. The lowest BCUT2D eigenvalue weighted by atomic mass is 9.96. The lowest BCUT2D eigenvalue weighted by molar-refractivity contribution is -0.126. The number of carbonyl (C=O) groups is 1. The fourth-order valence-electron chi connectivity index (χ4n) is 1.99. The van der Waals surface area contributed by atoms with E-state index in [4.69, 9.17) is 0 Å². The fourth-order valence-corrected chi connectivity index (χ4v) is 1.99. The summed E-state index contributed by atoms with van der Waals surface area (Å²) in [5.74, 6) is 0.873. The molecule has 1 aromatic rings. The van der Waals surface area contributed by atoms with E-state index in [-0.39, 0.29) is 12.5 Å². The van der Waals surface area contributed by atoms with Crippen LogP contribution in [0.4, 0.5) is 5.82 Å². The summed E-state index contributed by atoms with van der Waals surface area (Å²) in [5, 5.41) is 3.11. The highest BCUT2D eigenvalue weighted by molar-refractivity contribution is 5.80. The van der Waals surface area contributed by atoms with E-state index in [1.165, 1.54) is 18.4 Å². The van der Waals surface area contributed by atoms with Crippen molar-refractivity contribution in [1.82, 2.24) is 14.9 Å². The summed E-state index contributed by atoms with van der Waals surface area (Å²) >= 11 is 0. The summed E-state index contributed by atoms with van der Waals surface area (Å²) in [6, 6.07) is 0. The number of rotatable bonds is 3. The van der Waals surface area contributed by atoms with Gasteiger partial charge in [-0.05, 0) is 25.7 Å². The highest BCUT2D eigenvalue weighted by atomic mass is 16.2. The maximum atomic E-state index is 11.5. The molecule has 1 heterocycles. The summed E-state index contributed by atoms with van der Waals surface area (Å²) in [4.78, 5) is 21.6. The second-order valence-electron chi connectivity index (χ2n) is 4.50. The van der Waals surface area contributed by atoms with Crippen LogP contribution in [-0.2, 0) is 17.6 Å². The Hall–Kier alpha value is -1.65. The highest BCUT2D eigenvalue weighted by Crippen LogP contribution is 2.23. The topological polar surface area (TPSA) is 58.1 Å². The van der Waals surface area contributed by atoms with Crippen molar-refractivity contribution in [3.8, 4) is 0 Å². The Balaban J connectivity index is 2.08. The SMILES string of the molecule is CN(C)C(=O)CNc1ncnc2c1CCCC2. The summed E-state index contributed by atoms with van der Waals surface area (Å²) in [7, 11) is 3.50. The first-order chi connectivity index (χ1) is 8.18. The molecule has 17 heavy (non-hydrogen) atoms. The second-order valence-corrected chi connectivity index (χ2v) is 4.50. The van der Waals surface area contributed by atoms with Crippen molar-refractivity contribution in [3.63, 3.8) is 0 Å². The highest BCUT2D eigenvalue weighted by Gasteiger charge is 2.15. The third-order valence-corrected chi connectivity index (χ3v) is 3.03. The summed E-state index contributed by atoms with van der Waals surface area (Å²) in [5.41, 5.74) is 2.32. The predicted octanol–water partition coefficient (Wildman–Crippen LogP) is 0.855. The van der Waals surface area contributed by atoms with Crippen molar-refractivity contribution in [2.75, 3.05) is 26.0 Å². The van der Waals surface area contributed by atoms with Gasteiger partial charge in [-0.3, -0.25) is 4.79 Å². The number of carbonyl (C=O) groups excluding carboxylic acids is 1. The lowest BCUT2D eigenvalue weighted by Crippen LogP contribution is -2.29. The van der Waals surface area contributed by atoms with Crippen LogP contribution in [-0.4, -0.2) is 41.4 Å². The van der Waals surface area contributed by atoms with E-state index in [9.17, 15) is 4.79 Å². The van der Waals surface area contributed by atoms with Crippen molar-refractivity contribution >= 4 is 11.7 Å². The molecule has 0 radical (unpaired) electrons. The van der Waals surface area contributed by atoms with Crippen LogP contribution in [0, 0.1) is 0 Å². The quantitative estimate of drug-likeness (QED) is 0.842. The van der Waals surface area contributed by atoms with Crippen LogP contribution in [0.1, 0.15) is 24.1 Å². The van der Waals surface area contributed by atoms with Crippen LogP contribution in [0.15, 0.2) is 6.33 Å². The van der Waals surface area contributed by atoms with Crippen molar-refractivity contribution in [3.05, 3.63) is 17.6 Å². The van der Waals surface area contributed by atoms with E-state index in [0.29, 0.717) is 0 Å².